The number of fused-ring (bicyclic) bond motifs is 1. The van der Waals surface area contributed by atoms with Gasteiger partial charge in [-0.2, -0.15) is 18.3 Å². The maximum Gasteiger partial charge on any atom is 0.490 e. The Labute approximate surface area is 227 Å². The third-order valence-electron chi connectivity index (χ3n) is 7.94. The first-order valence-electron chi connectivity index (χ1n) is 13.1. The first-order chi connectivity index (χ1) is 18.9. The van der Waals surface area contributed by atoms with Crippen LogP contribution in [0.2, 0.25) is 0 Å². The van der Waals surface area contributed by atoms with Gasteiger partial charge in [0.25, 0.3) is 0 Å². The number of halogens is 4. The molecule has 0 bridgehead atoms. The molecule has 0 saturated carbocycles. The van der Waals surface area contributed by atoms with E-state index < -0.39 is 18.2 Å². The molecule has 3 N–H and O–H groups in total. The van der Waals surface area contributed by atoms with Gasteiger partial charge in [-0.05, 0) is 44.0 Å². The number of nitrogens with zero attached hydrogens (tertiary/aromatic N) is 5. The van der Waals surface area contributed by atoms with Crippen LogP contribution in [0.3, 0.4) is 0 Å². The molecule has 5 heterocycles. The number of aliphatic carboxylic acids is 1. The molecule has 0 unspecified atom stereocenters. The molecule has 0 aliphatic carbocycles. The predicted octanol–water partition coefficient (Wildman–Crippen LogP) is 1.91. The zero-order chi connectivity index (χ0) is 28.8. The largest absolute Gasteiger partial charge is 0.490 e. The van der Waals surface area contributed by atoms with Crippen molar-refractivity contribution in [1.29, 1.82) is 0 Å². The van der Waals surface area contributed by atoms with Gasteiger partial charge in [0.2, 0.25) is 5.91 Å². The van der Waals surface area contributed by atoms with Crippen molar-refractivity contribution < 1.29 is 37.1 Å². The molecule has 6 rings (SSSR count). The fraction of sp³-hybridized carbons (Fsp3) is 0.600. The first-order valence-corrected chi connectivity index (χ1v) is 13.1. The van der Waals surface area contributed by atoms with E-state index in [0.717, 1.165) is 45.2 Å². The van der Waals surface area contributed by atoms with Crippen LogP contribution < -0.4 is 20.4 Å². The second kappa shape index (κ2) is 10.5. The number of hydrogen-bond donors (Lipinski definition) is 3. The van der Waals surface area contributed by atoms with Crippen LogP contribution in [0, 0.1) is 17.2 Å². The SMILES string of the molecule is Cn1nc(N2CCC(=O)NC2=O)c2ccc(N3CC4(CN(CC5CCNCC5)C4)C3)c(F)c21.O=C(O)C(F)(F)F. The normalized spacial score (nSPS) is 21.5. The van der Waals surface area contributed by atoms with Crippen molar-refractivity contribution >= 4 is 40.3 Å². The van der Waals surface area contributed by atoms with E-state index in [1.807, 2.05) is 6.07 Å². The van der Waals surface area contributed by atoms with Crippen molar-refractivity contribution in [3.05, 3.63) is 17.9 Å². The highest BCUT2D eigenvalue weighted by Crippen LogP contribution is 2.44. The topological polar surface area (TPSA) is 123 Å². The van der Waals surface area contributed by atoms with Crippen LogP contribution in [-0.2, 0) is 16.6 Å². The van der Waals surface area contributed by atoms with Gasteiger partial charge < -0.3 is 20.2 Å². The third kappa shape index (κ3) is 5.44. The number of nitrogens with one attached hydrogen (secondary N) is 2. The minimum absolute atomic E-state index is 0.203. The van der Waals surface area contributed by atoms with E-state index in [1.54, 1.807) is 13.1 Å². The van der Waals surface area contributed by atoms with E-state index in [-0.39, 0.29) is 24.7 Å². The number of benzene rings is 1. The molecular weight excluding hydrogens is 538 g/mol. The quantitative estimate of drug-likeness (QED) is 0.478. The second-order valence-electron chi connectivity index (χ2n) is 11.0. The fourth-order valence-electron chi connectivity index (χ4n) is 6.10. The summed E-state index contributed by atoms with van der Waals surface area (Å²) in [6, 6.07) is 3.13. The Bertz CT molecular complexity index is 1310. The molecule has 4 aliphatic heterocycles. The summed E-state index contributed by atoms with van der Waals surface area (Å²) in [4.78, 5) is 38.7. The maximum absolute atomic E-state index is 15.6. The van der Waals surface area contributed by atoms with Gasteiger partial charge in [0.15, 0.2) is 11.6 Å². The van der Waals surface area contributed by atoms with Crippen molar-refractivity contribution in [2.24, 2.45) is 18.4 Å². The standard InChI is InChI=1S/C23H30FN7O2.C2HF3O2/c1-28-20-16(21(27-28)31-9-6-18(32)26-22(31)33)2-3-17(19(20)24)30-13-23(14-30)11-29(12-23)10-15-4-7-25-8-5-15;3-2(4,5)1(6)7/h2-3,15,25H,4-14H2,1H3,(H,26,32,33);(H,6,7). The van der Waals surface area contributed by atoms with Crippen LogP contribution >= 0.6 is 0 Å². The molecule has 15 heteroatoms. The van der Waals surface area contributed by atoms with E-state index in [1.165, 1.54) is 29.0 Å². The lowest BCUT2D eigenvalue weighted by atomic mass is 9.72. The van der Waals surface area contributed by atoms with Crippen LogP contribution in [0.4, 0.5) is 33.9 Å². The van der Waals surface area contributed by atoms with E-state index in [9.17, 15) is 22.8 Å². The number of carboxylic acids is 1. The molecule has 1 spiro atoms. The average molecular weight is 570 g/mol. The summed E-state index contributed by atoms with van der Waals surface area (Å²) in [5.41, 5.74) is 1.27. The number of aromatic nitrogens is 2. The number of alkyl halides is 3. The summed E-state index contributed by atoms with van der Waals surface area (Å²) in [6.45, 7) is 7.66. The van der Waals surface area contributed by atoms with Crippen LogP contribution in [0.5, 0.6) is 0 Å². The molecule has 1 aromatic heterocycles. The number of imide groups is 1. The molecule has 4 fully saturated rings. The van der Waals surface area contributed by atoms with Gasteiger partial charge in [0.1, 0.15) is 5.52 Å². The average Bonchev–Trinajstić information content (AvgIpc) is 3.17. The Balaban J connectivity index is 0.000000411. The number of carboxylic acid groups (broad SMARTS) is 1. The van der Waals surface area contributed by atoms with Crippen LogP contribution in [-0.4, -0.2) is 96.2 Å². The summed E-state index contributed by atoms with van der Waals surface area (Å²) in [5, 5.41) is 17.9. The number of hydrogen-bond acceptors (Lipinski definition) is 7. The number of likely N-dealkylation sites (tertiary alicyclic amines) is 1. The number of anilines is 2. The number of aryl methyl sites for hydroxylation is 1. The highest BCUT2D eigenvalue weighted by Gasteiger charge is 2.52. The number of piperidine rings is 1. The lowest BCUT2D eigenvalue weighted by molar-refractivity contribution is -0.192. The van der Waals surface area contributed by atoms with Crippen LogP contribution in [0.15, 0.2) is 12.1 Å². The number of amides is 3. The monoisotopic (exact) mass is 569 g/mol. The molecule has 0 radical (unpaired) electrons. The maximum atomic E-state index is 15.6. The minimum Gasteiger partial charge on any atom is -0.475 e. The Morgan fingerprint density at radius 3 is 2.40 bits per heavy atom. The van der Waals surface area contributed by atoms with Gasteiger partial charge in [0, 0.05) is 63.5 Å². The molecule has 2 aromatic rings. The van der Waals surface area contributed by atoms with Crippen molar-refractivity contribution in [3.8, 4) is 0 Å². The zero-order valence-corrected chi connectivity index (χ0v) is 21.9. The Morgan fingerprint density at radius 2 is 1.80 bits per heavy atom. The molecule has 3 amide bonds. The molecule has 1 aromatic carbocycles. The van der Waals surface area contributed by atoms with E-state index >= 15 is 4.39 Å². The Kier molecular flexibility index (Phi) is 7.37. The highest BCUT2D eigenvalue weighted by molar-refractivity contribution is 6.09. The summed E-state index contributed by atoms with van der Waals surface area (Å²) >= 11 is 0. The van der Waals surface area contributed by atoms with Crippen molar-refractivity contribution in [2.45, 2.75) is 25.4 Å². The van der Waals surface area contributed by atoms with Gasteiger partial charge >= 0.3 is 18.2 Å². The number of rotatable bonds is 4. The number of urea groups is 1. The molecule has 0 atom stereocenters. The van der Waals surface area contributed by atoms with Crippen molar-refractivity contribution in [1.82, 2.24) is 25.3 Å². The van der Waals surface area contributed by atoms with Crippen LogP contribution in [0.25, 0.3) is 10.9 Å². The summed E-state index contributed by atoms with van der Waals surface area (Å²) < 4.78 is 48.8. The summed E-state index contributed by atoms with van der Waals surface area (Å²) in [5.74, 6) is -2.17. The van der Waals surface area contributed by atoms with Crippen molar-refractivity contribution in [2.75, 3.05) is 62.2 Å². The fourth-order valence-corrected chi connectivity index (χ4v) is 6.10. The van der Waals surface area contributed by atoms with Gasteiger partial charge in [-0.25, -0.2) is 14.0 Å². The van der Waals surface area contributed by atoms with Gasteiger partial charge in [-0.3, -0.25) is 19.7 Å². The lowest BCUT2D eigenvalue weighted by Crippen LogP contribution is -2.72. The number of carbonyl (C=O) groups excluding carboxylic acids is 2. The van der Waals surface area contributed by atoms with E-state index in [0.29, 0.717) is 27.8 Å². The first kappa shape index (κ1) is 28.1. The number of carbonyl (C=O) groups is 3. The third-order valence-corrected chi connectivity index (χ3v) is 7.94. The Morgan fingerprint density at radius 1 is 1.15 bits per heavy atom. The smallest absolute Gasteiger partial charge is 0.475 e. The highest BCUT2D eigenvalue weighted by atomic mass is 19.4. The van der Waals surface area contributed by atoms with Crippen molar-refractivity contribution in [3.63, 3.8) is 0 Å². The predicted molar refractivity (Wildman–Crippen MR) is 137 cm³/mol. The van der Waals surface area contributed by atoms with Gasteiger partial charge in [-0.15, -0.1) is 0 Å². The molecular formula is C25H31F4N7O4. The molecule has 40 heavy (non-hydrogen) atoms. The molecule has 4 saturated heterocycles. The van der Waals surface area contributed by atoms with Crippen LogP contribution in [0.1, 0.15) is 19.3 Å². The second-order valence-corrected chi connectivity index (χ2v) is 11.0. The van der Waals surface area contributed by atoms with Gasteiger partial charge in [-0.1, -0.05) is 0 Å². The zero-order valence-electron chi connectivity index (χ0n) is 21.9. The molecule has 4 aliphatic rings. The molecule has 11 nitrogen and oxygen atoms in total. The molecule has 218 valence electrons. The van der Waals surface area contributed by atoms with E-state index in [2.05, 4.69) is 25.5 Å². The Hall–Kier alpha value is -3.46. The summed E-state index contributed by atoms with van der Waals surface area (Å²) in [7, 11) is 1.69. The summed E-state index contributed by atoms with van der Waals surface area (Å²) in [6.07, 6.45) is -2.35. The van der Waals surface area contributed by atoms with E-state index in [4.69, 9.17) is 9.90 Å². The minimum atomic E-state index is -5.08. The lowest BCUT2D eigenvalue weighted by Gasteiger charge is -2.61. The van der Waals surface area contributed by atoms with Gasteiger partial charge in [0.05, 0.1) is 5.69 Å².